The van der Waals surface area contributed by atoms with E-state index in [2.05, 4.69) is 20.8 Å². The Morgan fingerprint density at radius 2 is 1.96 bits per heavy atom. The predicted octanol–water partition coefficient (Wildman–Crippen LogP) is 3.26. The maximum Gasteiger partial charge on any atom is 0.408 e. The molecule has 2 N–H and O–H groups in total. The third-order valence-electron chi connectivity index (χ3n) is 4.24. The molecule has 0 aliphatic heterocycles. The van der Waals surface area contributed by atoms with Crippen molar-refractivity contribution in [3.8, 4) is 0 Å². The molecule has 2 rings (SSSR count). The normalized spacial score (nSPS) is 18.9. The maximum atomic E-state index is 12.2. The van der Waals surface area contributed by atoms with Gasteiger partial charge in [-0.15, -0.1) is 10.2 Å². The number of rotatable bonds is 5. The highest BCUT2D eigenvalue weighted by atomic mass is 16.6. The monoisotopic (exact) mass is 338 g/mol. The molecule has 1 atom stereocenters. The van der Waals surface area contributed by atoms with Crippen LogP contribution in [0.25, 0.3) is 0 Å². The molecule has 1 heterocycles. The maximum absolute atomic E-state index is 12.2. The first kappa shape index (κ1) is 18.7. The van der Waals surface area contributed by atoms with Crippen molar-refractivity contribution in [3.63, 3.8) is 0 Å². The summed E-state index contributed by atoms with van der Waals surface area (Å²) in [6.45, 7) is 10.0. The molecule has 7 heteroatoms. The van der Waals surface area contributed by atoms with Gasteiger partial charge in [-0.05, 0) is 40.5 Å². The van der Waals surface area contributed by atoms with Gasteiger partial charge in [0.2, 0.25) is 11.8 Å². The molecule has 1 aromatic rings. The zero-order chi connectivity index (χ0) is 17.8. The molecule has 0 bridgehead atoms. The molecule has 1 aliphatic rings. The topological polar surface area (TPSA) is 89.3 Å². The second-order valence-corrected chi connectivity index (χ2v) is 7.73. The molecule has 1 amide bonds. The van der Waals surface area contributed by atoms with Crippen LogP contribution in [0.15, 0.2) is 4.42 Å². The van der Waals surface area contributed by atoms with E-state index in [1.165, 1.54) is 6.42 Å². The molecular weight excluding hydrogens is 308 g/mol. The van der Waals surface area contributed by atoms with Gasteiger partial charge >= 0.3 is 6.09 Å². The molecule has 0 spiro atoms. The van der Waals surface area contributed by atoms with Crippen molar-refractivity contribution in [1.82, 2.24) is 20.8 Å². The second-order valence-electron chi connectivity index (χ2n) is 7.73. The van der Waals surface area contributed by atoms with E-state index in [1.54, 1.807) is 6.92 Å². The van der Waals surface area contributed by atoms with Crippen LogP contribution >= 0.6 is 0 Å². The highest BCUT2D eigenvalue weighted by Crippen LogP contribution is 2.29. The Labute approximate surface area is 143 Å². The van der Waals surface area contributed by atoms with Gasteiger partial charge < -0.3 is 19.8 Å². The van der Waals surface area contributed by atoms with Gasteiger partial charge in [0.05, 0.1) is 11.6 Å². The number of aromatic nitrogens is 2. The fourth-order valence-electron chi connectivity index (χ4n) is 3.02. The molecule has 1 aliphatic carbocycles. The SMILES string of the molecule is Cc1nnc([C@@H](C)NCC2(NC(=O)OC(C)(C)C)CCCCC2)o1. The molecule has 1 aromatic heterocycles. The summed E-state index contributed by atoms with van der Waals surface area (Å²) < 4.78 is 10.9. The van der Waals surface area contributed by atoms with Gasteiger partial charge in [0.15, 0.2) is 0 Å². The summed E-state index contributed by atoms with van der Waals surface area (Å²) in [6, 6.07) is -0.0644. The van der Waals surface area contributed by atoms with E-state index in [1.807, 2.05) is 27.7 Å². The quantitative estimate of drug-likeness (QED) is 0.856. The summed E-state index contributed by atoms with van der Waals surface area (Å²) in [5, 5.41) is 14.4. The minimum Gasteiger partial charge on any atom is -0.444 e. The van der Waals surface area contributed by atoms with E-state index in [9.17, 15) is 4.79 Å². The predicted molar refractivity (Wildman–Crippen MR) is 90.6 cm³/mol. The van der Waals surface area contributed by atoms with Crippen LogP contribution in [0.4, 0.5) is 4.79 Å². The number of ether oxygens (including phenoxy) is 1. The number of aryl methyl sites for hydroxylation is 1. The Bertz CT molecular complexity index is 544. The summed E-state index contributed by atoms with van der Waals surface area (Å²) in [4.78, 5) is 12.2. The summed E-state index contributed by atoms with van der Waals surface area (Å²) in [5.74, 6) is 1.12. The molecule has 1 saturated carbocycles. The average Bonchev–Trinajstić information content (AvgIpc) is 2.90. The Balaban J connectivity index is 1.98. The summed E-state index contributed by atoms with van der Waals surface area (Å²) in [6.07, 6.45) is 4.93. The molecule has 0 saturated heterocycles. The van der Waals surface area contributed by atoms with Crippen molar-refractivity contribution in [2.45, 2.75) is 83.9 Å². The van der Waals surface area contributed by atoms with Crippen molar-refractivity contribution in [2.75, 3.05) is 6.54 Å². The lowest BCUT2D eigenvalue weighted by Gasteiger charge is -2.39. The minimum atomic E-state index is -0.498. The molecule has 136 valence electrons. The fraction of sp³-hybridized carbons (Fsp3) is 0.824. The number of nitrogens with zero attached hydrogens (tertiary/aromatic N) is 2. The van der Waals surface area contributed by atoms with Gasteiger partial charge in [0, 0.05) is 13.5 Å². The van der Waals surface area contributed by atoms with Crippen molar-refractivity contribution >= 4 is 6.09 Å². The van der Waals surface area contributed by atoms with Crippen molar-refractivity contribution in [3.05, 3.63) is 11.8 Å². The average molecular weight is 338 g/mol. The lowest BCUT2D eigenvalue weighted by molar-refractivity contribution is 0.0420. The number of amides is 1. The largest absolute Gasteiger partial charge is 0.444 e. The van der Waals surface area contributed by atoms with Gasteiger partial charge in [-0.2, -0.15) is 0 Å². The van der Waals surface area contributed by atoms with E-state index in [0.29, 0.717) is 18.3 Å². The van der Waals surface area contributed by atoms with Crippen LogP contribution in [0.3, 0.4) is 0 Å². The molecule has 1 fully saturated rings. The van der Waals surface area contributed by atoms with Crippen LogP contribution in [0.1, 0.15) is 77.6 Å². The van der Waals surface area contributed by atoms with E-state index in [4.69, 9.17) is 9.15 Å². The second kappa shape index (κ2) is 7.51. The number of alkyl carbamates (subject to hydrolysis) is 1. The van der Waals surface area contributed by atoms with E-state index < -0.39 is 5.60 Å². The zero-order valence-corrected chi connectivity index (χ0v) is 15.4. The van der Waals surface area contributed by atoms with Gasteiger partial charge in [0.1, 0.15) is 5.60 Å². The highest BCUT2D eigenvalue weighted by molar-refractivity contribution is 5.68. The Kier molecular flexibility index (Phi) is 5.85. The van der Waals surface area contributed by atoms with E-state index in [0.717, 1.165) is 25.7 Å². The van der Waals surface area contributed by atoms with Gasteiger partial charge in [-0.1, -0.05) is 19.3 Å². The van der Waals surface area contributed by atoms with Gasteiger partial charge in [0.25, 0.3) is 0 Å². The summed E-state index contributed by atoms with van der Waals surface area (Å²) >= 11 is 0. The Hall–Kier alpha value is -1.63. The Morgan fingerprint density at radius 3 is 2.50 bits per heavy atom. The van der Waals surface area contributed by atoms with Gasteiger partial charge in [-0.3, -0.25) is 0 Å². The van der Waals surface area contributed by atoms with Crippen LogP contribution in [0.2, 0.25) is 0 Å². The van der Waals surface area contributed by atoms with Crippen molar-refractivity contribution in [1.29, 1.82) is 0 Å². The molecule has 0 aromatic carbocycles. The first-order valence-electron chi connectivity index (χ1n) is 8.74. The van der Waals surface area contributed by atoms with E-state index in [-0.39, 0.29) is 17.7 Å². The summed E-state index contributed by atoms with van der Waals surface area (Å²) in [7, 11) is 0. The van der Waals surface area contributed by atoms with Crippen molar-refractivity contribution in [2.24, 2.45) is 0 Å². The third kappa shape index (κ3) is 5.47. The smallest absolute Gasteiger partial charge is 0.408 e. The lowest BCUT2D eigenvalue weighted by atomic mass is 9.81. The molecule has 0 unspecified atom stereocenters. The van der Waals surface area contributed by atoms with Crippen LogP contribution in [-0.2, 0) is 4.74 Å². The molecule has 7 nitrogen and oxygen atoms in total. The summed E-state index contributed by atoms with van der Waals surface area (Å²) in [5.41, 5.74) is -0.786. The molecule has 24 heavy (non-hydrogen) atoms. The number of hydrogen-bond acceptors (Lipinski definition) is 6. The van der Waals surface area contributed by atoms with E-state index >= 15 is 0 Å². The van der Waals surface area contributed by atoms with Crippen molar-refractivity contribution < 1.29 is 13.9 Å². The number of nitrogens with one attached hydrogen (secondary N) is 2. The third-order valence-corrected chi connectivity index (χ3v) is 4.24. The number of carbonyl (C=O) groups is 1. The first-order valence-corrected chi connectivity index (χ1v) is 8.74. The highest BCUT2D eigenvalue weighted by Gasteiger charge is 2.35. The number of hydrogen-bond donors (Lipinski definition) is 2. The van der Waals surface area contributed by atoms with Crippen LogP contribution in [-0.4, -0.2) is 34.0 Å². The number of carbonyl (C=O) groups excluding carboxylic acids is 1. The van der Waals surface area contributed by atoms with Crippen LogP contribution in [0.5, 0.6) is 0 Å². The fourth-order valence-corrected chi connectivity index (χ4v) is 3.02. The zero-order valence-electron chi connectivity index (χ0n) is 15.4. The molecule has 0 radical (unpaired) electrons. The lowest BCUT2D eigenvalue weighted by Crippen LogP contribution is -2.56. The molecular formula is C17H30N4O3. The van der Waals surface area contributed by atoms with Gasteiger partial charge in [-0.25, -0.2) is 4.79 Å². The first-order chi connectivity index (χ1) is 11.2. The standard InChI is InChI=1S/C17H30N4O3/c1-12(14-21-20-13(2)23-14)18-11-17(9-7-6-8-10-17)19-15(22)24-16(3,4)5/h12,18H,6-11H2,1-5H3,(H,19,22)/t12-/m1/s1. The Morgan fingerprint density at radius 1 is 1.29 bits per heavy atom. The minimum absolute atomic E-state index is 0.0644. The van der Waals surface area contributed by atoms with Crippen LogP contribution < -0.4 is 10.6 Å². The van der Waals surface area contributed by atoms with Crippen LogP contribution in [0, 0.1) is 6.92 Å².